The van der Waals surface area contributed by atoms with E-state index in [0.717, 1.165) is 0 Å². The molecule has 1 N–H and O–H groups in total. The molecule has 0 bridgehead atoms. The minimum Gasteiger partial charge on any atom is -0.300 e. The lowest BCUT2D eigenvalue weighted by atomic mass is 9.82. The second kappa shape index (κ2) is 9.22. The molecule has 0 aliphatic rings. The summed E-state index contributed by atoms with van der Waals surface area (Å²) in [7, 11) is 0. The van der Waals surface area contributed by atoms with E-state index in [0.29, 0.717) is 29.7 Å². The third-order valence-corrected chi connectivity index (χ3v) is 4.70. The van der Waals surface area contributed by atoms with Gasteiger partial charge in [-0.2, -0.15) is 0 Å². The third-order valence-electron chi connectivity index (χ3n) is 4.47. The zero-order valence-electron chi connectivity index (χ0n) is 13.2. The molecule has 0 saturated carbocycles. The quantitative estimate of drug-likeness (QED) is 0.367. The summed E-state index contributed by atoms with van der Waals surface area (Å²) in [6, 6.07) is 0.443. The lowest BCUT2D eigenvalue weighted by Gasteiger charge is -2.33. The highest BCUT2D eigenvalue weighted by atomic mass is 32.1. The number of rotatable bonds is 9. The first-order valence-electron chi connectivity index (χ1n) is 7.41. The molecule has 110 valence electrons. The van der Waals surface area contributed by atoms with Gasteiger partial charge in [0, 0.05) is 6.04 Å². The fourth-order valence-electron chi connectivity index (χ4n) is 2.38. The summed E-state index contributed by atoms with van der Waals surface area (Å²) in [4.78, 5) is 0. The van der Waals surface area contributed by atoms with E-state index in [2.05, 4.69) is 66.7 Å². The highest BCUT2D eigenvalue weighted by molar-refractivity contribution is 7.75. The molecule has 0 aromatic carbocycles. The predicted octanol–water partition coefficient (Wildman–Crippen LogP) is 4.52. The van der Waals surface area contributed by atoms with Crippen LogP contribution in [0.4, 0.5) is 0 Å². The van der Waals surface area contributed by atoms with Crippen LogP contribution in [-0.4, -0.2) is 12.3 Å². The van der Waals surface area contributed by atoms with Crippen molar-refractivity contribution in [1.29, 1.82) is 0 Å². The fourth-order valence-corrected chi connectivity index (χ4v) is 2.65. The van der Waals surface area contributed by atoms with Crippen LogP contribution in [0.2, 0.25) is 0 Å². The van der Waals surface area contributed by atoms with Gasteiger partial charge in [-0.05, 0) is 49.9 Å². The Morgan fingerprint density at radius 2 is 1.56 bits per heavy atom. The van der Waals surface area contributed by atoms with Gasteiger partial charge in [0.05, 0.1) is 0 Å². The van der Waals surface area contributed by atoms with Gasteiger partial charge in [-0.3, -0.25) is 9.50 Å². The normalized spacial score (nSPS) is 20.5. The van der Waals surface area contributed by atoms with Crippen LogP contribution in [-0.2, 0) is 4.18 Å². The lowest BCUT2D eigenvalue weighted by Crippen LogP contribution is -2.45. The van der Waals surface area contributed by atoms with Crippen molar-refractivity contribution in [3.63, 3.8) is 0 Å². The van der Waals surface area contributed by atoms with Crippen molar-refractivity contribution >= 4 is 12.9 Å². The maximum Gasteiger partial charge on any atom is 0.125 e. The maximum absolute atomic E-state index is 5.31. The molecular weight excluding hydrogens is 242 g/mol. The Bertz CT molecular complexity index is 211. The summed E-state index contributed by atoms with van der Waals surface area (Å²) < 4.78 is 5.31. The van der Waals surface area contributed by atoms with Gasteiger partial charge in [-0.15, -0.1) is 0 Å². The van der Waals surface area contributed by atoms with E-state index >= 15 is 0 Å². The summed E-state index contributed by atoms with van der Waals surface area (Å²) in [5.41, 5.74) is 0. The van der Waals surface area contributed by atoms with E-state index in [1.807, 2.05) is 0 Å². The van der Waals surface area contributed by atoms with Crippen molar-refractivity contribution in [2.75, 3.05) is 0 Å². The first-order valence-corrected chi connectivity index (χ1v) is 7.77. The summed E-state index contributed by atoms with van der Waals surface area (Å²) in [5.74, 6) is 2.54. The van der Waals surface area contributed by atoms with Gasteiger partial charge in [-0.25, -0.2) is 0 Å². The van der Waals surface area contributed by atoms with Gasteiger partial charge in [0.15, 0.2) is 0 Å². The van der Waals surface area contributed by atoms with Crippen molar-refractivity contribution in [3.05, 3.63) is 0 Å². The standard InChI is InChI=1S/C15H33NOS/c1-8-9-11(4)15(17-18)16-14(7)13(6)12(5)10(2)3/h10-16,18H,8-9H2,1-7H3/t11-,12?,13-,14-,15-/m1/s1. The average Bonchev–Trinajstić information content (AvgIpc) is 2.33. The molecule has 2 nitrogen and oxygen atoms in total. The molecule has 3 heteroatoms. The maximum atomic E-state index is 5.31. The van der Waals surface area contributed by atoms with Gasteiger partial charge in [0.1, 0.15) is 6.23 Å². The molecule has 18 heavy (non-hydrogen) atoms. The van der Waals surface area contributed by atoms with Gasteiger partial charge < -0.3 is 0 Å². The van der Waals surface area contributed by atoms with Gasteiger partial charge in [0.2, 0.25) is 0 Å². The Morgan fingerprint density at radius 3 is 1.94 bits per heavy atom. The zero-order valence-corrected chi connectivity index (χ0v) is 14.1. The minimum absolute atomic E-state index is 0.0464. The highest BCUT2D eigenvalue weighted by Gasteiger charge is 2.25. The molecule has 0 saturated heterocycles. The molecule has 0 spiro atoms. The summed E-state index contributed by atoms with van der Waals surface area (Å²) in [6.07, 6.45) is 2.40. The molecule has 1 unspecified atom stereocenters. The molecule has 0 fully saturated rings. The molecule has 0 amide bonds. The number of hydrogen-bond donors (Lipinski definition) is 2. The van der Waals surface area contributed by atoms with E-state index < -0.39 is 0 Å². The van der Waals surface area contributed by atoms with Crippen molar-refractivity contribution in [1.82, 2.24) is 5.32 Å². The second-order valence-electron chi connectivity index (χ2n) is 6.21. The van der Waals surface area contributed by atoms with Crippen molar-refractivity contribution < 1.29 is 4.18 Å². The first kappa shape index (κ1) is 18.3. The second-order valence-corrected chi connectivity index (χ2v) is 6.42. The SMILES string of the molecule is CCC[C@@H](C)[C@H](N[C@H](C)[C@H](C)C(C)C(C)C)OS. The topological polar surface area (TPSA) is 21.3 Å². The van der Waals surface area contributed by atoms with Crippen molar-refractivity contribution in [2.24, 2.45) is 23.7 Å². The highest BCUT2D eigenvalue weighted by Crippen LogP contribution is 2.24. The first-order chi connectivity index (χ1) is 8.34. The van der Waals surface area contributed by atoms with Crippen LogP contribution < -0.4 is 5.32 Å². The number of hydrogen-bond acceptors (Lipinski definition) is 3. The number of nitrogens with one attached hydrogen (secondary N) is 1. The van der Waals surface area contributed by atoms with Crippen LogP contribution in [0, 0.1) is 23.7 Å². The van der Waals surface area contributed by atoms with Crippen LogP contribution in [0.25, 0.3) is 0 Å². The van der Waals surface area contributed by atoms with E-state index in [4.69, 9.17) is 4.18 Å². The molecule has 0 aliphatic carbocycles. The fraction of sp³-hybridized carbons (Fsp3) is 1.00. The van der Waals surface area contributed by atoms with Crippen LogP contribution in [0.3, 0.4) is 0 Å². The number of thiol groups is 1. The van der Waals surface area contributed by atoms with Crippen molar-refractivity contribution in [3.8, 4) is 0 Å². The molecule has 0 aromatic rings. The smallest absolute Gasteiger partial charge is 0.125 e. The summed E-state index contributed by atoms with van der Waals surface area (Å²) in [5, 5.41) is 3.59. The van der Waals surface area contributed by atoms with Gasteiger partial charge >= 0.3 is 0 Å². The molecule has 0 heterocycles. The largest absolute Gasteiger partial charge is 0.300 e. The molecule has 0 radical (unpaired) electrons. The Labute approximate surface area is 120 Å². The van der Waals surface area contributed by atoms with E-state index in [9.17, 15) is 0 Å². The Balaban J connectivity index is 4.37. The van der Waals surface area contributed by atoms with E-state index in [-0.39, 0.29) is 6.23 Å². The van der Waals surface area contributed by atoms with Crippen LogP contribution in [0.5, 0.6) is 0 Å². The van der Waals surface area contributed by atoms with Crippen LogP contribution >= 0.6 is 12.9 Å². The van der Waals surface area contributed by atoms with Crippen molar-refractivity contribution in [2.45, 2.75) is 73.6 Å². The summed E-state index contributed by atoms with van der Waals surface area (Å²) >= 11 is 4.02. The van der Waals surface area contributed by atoms with Gasteiger partial charge in [-0.1, -0.05) is 48.0 Å². The van der Waals surface area contributed by atoms with Crippen LogP contribution in [0.1, 0.15) is 61.3 Å². The van der Waals surface area contributed by atoms with E-state index in [1.54, 1.807) is 0 Å². The van der Waals surface area contributed by atoms with Crippen LogP contribution in [0.15, 0.2) is 0 Å². The molecule has 0 rings (SSSR count). The van der Waals surface area contributed by atoms with E-state index in [1.165, 1.54) is 12.8 Å². The Kier molecular flexibility index (Phi) is 9.36. The minimum atomic E-state index is 0.0464. The Hall–Kier alpha value is 0.270. The average molecular weight is 276 g/mol. The molecule has 5 atom stereocenters. The Morgan fingerprint density at radius 1 is 1.00 bits per heavy atom. The lowest BCUT2D eigenvalue weighted by molar-refractivity contribution is 0.0963. The third kappa shape index (κ3) is 5.94. The monoisotopic (exact) mass is 275 g/mol. The molecular formula is C15H33NOS. The predicted molar refractivity (Wildman–Crippen MR) is 83.7 cm³/mol. The molecule has 0 aromatic heterocycles. The van der Waals surface area contributed by atoms with Gasteiger partial charge in [0.25, 0.3) is 0 Å². The summed E-state index contributed by atoms with van der Waals surface area (Å²) in [6.45, 7) is 15.9. The zero-order chi connectivity index (χ0) is 14.3. The molecule has 0 aliphatic heterocycles.